The van der Waals surface area contributed by atoms with Crippen LogP contribution in [0.5, 0.6) is 0 Å². The van der Waals surface area contributed by atoms with Crippen LogP contribution in [-0.4, -0.2) is 44.1 Å². The van der Waals surface area contributed by atoms with E-state index in [9.17, 15) is 4.79 Å². The molecular formula is C22H31N7O. The number of imidazole rings is 1. The van der Waals surface area contributed by atoms with E-state index in [2.05, 4.69) is 56.4 Å². The van der Waals surface area contributed by atoms with Crippen molar-refractivity contribution in [3.63, 3.8) is 0 Å². The standard InChI is InChI=1S/C22H31N7O/c1-2-3-11-24-21-26-19(23)18-20(27-21)29(22(30)25-18)15-17-9-7-16(8-10-17)14-28-12-5-4-6-13-28/h7-10H,2-6,11-15H2,1H3,(H,25,30)(H3,23,24,26,27). The fourth-order valence-corrected chi connectivity index (χ4v) is 3.96. The minimum atomic E-state index is -0.228. The second kappa shape index (κ2) is 9.30. The van der Waals surface area contributed by atoms with Crippen LogP contribution >= 0.6 is 0 Å². The van der Waals surface area contributed by atoms with Gasteiger partial charge in [-0.3, -0.25) is 9.47 Å². The van der Waals surface area contributed by atoms with Crippen molar-refractivity contribution in [2.45, 2.75) is 52.1 Å². The molecule has 1 aliphatic heterocycles. The van der Waals surface area contributed by atoms with Gasteiger partial charge >= 0.3 is 5.69 Å². The van der Waals surface area contributed by atoms with Crippen LogP contribution in [0.2, 0.25) is 0 Å². The summed E-state index contributed by atoms with van der Waals surface area (Å²) in [4.78, 5) is 26.7. The molecule has 0 bridgehead atoms. The van der Waals surface area contributed by atoms with E-state index in [1.165, 1.54) is 37.9 Å². The van der Waals surface area contributed by atoms with Crippen molar-refractivity contribution in [3.05, 3.63) is 45.9 Å². The summed E-state index contributed by atoms with van der Waals surface area (Å²) < 4.78 is 1.62. The number of unbranched alkanes of at least 4 members (excludes halogenated alkanes) is 1. The number of hydrogen-bond donors (Lipinski definition) is 3. The van der Waals surface area contributed by atoms with Crippen molar-refractivity contribution >= 4 is 22.9 Å². The van der Waals surface area contributed by atoms with Gasteiger partial charge < -0.3 is 16.0 Å². The molecule has 0 aliphatic carbocycles. The summed E-state index contributed by atoms with van der Waals surface area (Å²) in [7, 11) is 0. The third-order valence-electron chi connectivity index (χ3n) is 5.68. The van der Waals surface area contributed by atoms with E-state index in [1.54, 1.807) is 4.57 Å². The topological polar surface area (TPSA) is 105 Å². The van der Waals surface area contributed by atoms with Crippen molar-refractivity contribution in [1.29, 1.82) is 0 Å². The Kier molecular flexibility index (Phi) is 6.32. The zero-order valence-electron chi connectivity index (χ0n) is 17.7. The molecule has 0 amide bonds. The third-order valence-corrected chi connectivity index (χ3v) is 5.68. The van der Waals surface area contributed by atoms with E-state index in [0.717, 1.165) is 31.5 Å². The fourth-order valence-electron chi connectivity index (χ4n) is 3.96. The largest absolute Gasteiger partial charge is 0.382 e. The van der Waals surface area contributed by atoms with Gasteiger partial charge in [0, 0.05) is 13.1 Å². The lowest BCUT2D eigenvalue weighted by atomic mass is 10.1. The average Bonchev–Trinajstić information content (AvgIpc) is 3.06. The third kappa shape index (κ3) is 4.64. The van der Waals surface area contributed by atoms with Gasteiger partial charge in [0.05, 0.1) is 6.54 Å². The predicted octanol–water partition coefficient (Wildman–Crippen LogP) is 2.95. The molecule has 0 atom stereocenters. The Morgan fingerprint density at radius 2 is 1.77 bits per heavy atom. The van der Waals surface area contributed by atoms with Crippen LogP contribution < -0.4 is 16.7 Å². The first-order chi connectivity index (χ1) is 14.6. The average molecular weight is 410 g/mol. The molecule has 3 heterocycles. The molecule has 0 radical (unpaired) electrons. The number of piperidine rings is 1. The minimum absolute atomic E-state index is 0.228. The van der Waals surface area contributed by atoms with Crippen LogP contribution in [-0.2, 0) is 13.1 Å². The Balaban J connectivity index is 1.52. The van der Waals surface area contributed by atoms with Gasteiger partial charge in [-0.15, -0.1) is 0 Å². The summed E-state index contributed by atoms with van der Waals surface area (Å²) in [5, 5.41) is 3.19. The molecule has 2 aromatic heterocycles. The number of benzene rings is 1. The molecule has 1 fully saturated rings. The smallest absolute Gasteiger partial charge is 0.328 e. The first-order valence-corrected chi connectivity index (χ1v) is 10.9. The predicted molar refractivity (Wildman–Crippen MR) is 121 cm³/mol. The first kappa shape index (κ1) is 20.4. The van der Waals surface area contributed by atoms with E-state index >= 15 is 0 Å². The van der Waals surface area contributed by atoms with Gasteiger partial charge in [-0.05, 0) is 43.5 Å². The van der Waals surface area contributed by atoms with Gasteiger partial charge in [-0.25, -0.2) is 4.79 Å². The highest BCUT2D eigenvalue weighted by atomic mass is 16.1. The highest BCUT2D eigenvalue weighted by molar-refractivity contribution is 5.82. The number of nitrogens with two attached hydrogens (primary N) is 1. The number of likely N-dealkylation sites (tertiary alicyclic amines) is 1. The normalized spacial score (nSPS) is 15.0. The number of aromatic nitrogens is 4. The van der Waals surface area contributed by atoms with E-state index in [-0.39, 0.29) is 11.5 Å². The zero-order chi connectivity index (χ0) is 20.9. The van der Waals surface area contributed by atoms with Gasteiger partial charge in [0.15, 0.2) is 11.5 Å². The second-order valence-electron chi connectivity index (χ2n) is 8.08. The van der Waals surface area contributed by atoms with Gasteiger partial charge in [0.2, 0.25) is 5.95 Å². The molecule has 8 heteroatoms. The van der Waals surface area contributed by atoms with E-state index in [4.69, 9.17) is 5.73 Å². The Morgan fingerprint density at radius 1 is 1.07 bits per heavy atom. The summed E-state index contributed by atoms with van der Waals surface area (Å²) >= 11 is 0. The van der Waals surface area contributed by atoms with Crippen LogP contribution in [0, 0.1) is 0 Å². The minimum Gasteiger partial charge on any atom is -0.382 e. The number of nitrogens with zero attached hydrogens (tertiary/aromatic N) is 4. The van der Waals surface area contributed by atoms with Crippen molar-refractivity contribution < 1.29 is 0 Å². The van der Waals surface area contributed by atoms with Gasteiger partial charge in [-0.1, -0.05) is 44.0 Å². The molecule has 1 aromatic carbocycles. The molecule has 1 aliphatic rings. The zero-order valence-corrected chi connectivity index (χ0v) is 17.7. The summed E-state index contributed by atoms with van der Waals surface area (Å²) in [6.07, 6.45) is 6.03. The summed E-state index contributed by atoms with van der Waals surface area (Å²) in [6, 6.07) is 8.50. The SMILES string of the molecule is CCCCNc1nc(N)c2[nH]c(=O)n(Cc3ccc(CN4CCCCC4)cc3)c2n1. The van der Waals surface area contributed by atoms with Gasteiger partial charge in [-0.2, -0.15) is 9.97 Å². The molecule has 0 spiro atoms. The molecule has 1 saturated heterocycles. The number of nitrogens with one attached hydrogen (secondary N) is 2. The van der Waals surface area contributed by atoms with Crippen molar-refractivity contribution in [1.82, 2.24) is 24.4 Å². The Bertz CT molecular complexity index is 1030. The molecule has 160 valence electrons. The maximum absolute atomic E-state index is 12.6. The lowest BCUT2D eigenvalue weighted by Gasteiger charge is -2.26. The summed E-state index contributed by atoms with van der Waals surface area (Å²) in [5.74, 6) is 0.741. The Labute approximate surface area is 176 Å². The highest BCUT2D eigenvalue weighted by Crippen LogP contribution is 2.18. The lowest BCUT2D eigenvalue weighted by molar-refractivity contribution is 0.221. The van der Waals surface area contributed by atoms with E-state index in [1.807, 2.05) is 0 Å². The lowest BCUT2D eigenvalue weighted by Crippen LogP contribution is -2.29. The molecule has 3 aromatic rings. The highest BCUT2D eigenvalue weighted by Gasteiger charge is 2.15. The monoisotopic (exact) mass is 409 g/mol. The molecule has 8 nitrogen and oxygen atoms in total. The van der Waals surface area contributed by atoms with Crippen LogP contribution in [0.1, 0.15) is 50.2 Å². The maximum Gasteiger partial charge on any atom is 0.328 e. The number of fused-ring (bicyclic) bond motifs is 1. The van der Waals surface area contributed by atoms with Crippen molar-refractivity contribution in [3.8, 4) is 0 Å². The summed E-state index contributed by atoms with van der Waals surface area (Å²) in [5.41, 5.74) is 9.22. The quantitative estimate of drug-likeness (QED) is 0.494. The van der Waals surface area contributed by atoms with Crippen LogP contribution in [0.3, 0.4) is 0 Å². The van der Waals surface area contributed by atoms with Gasteiger partial charge in [0.25, 0.3) is 0 Å². The van der Waals surface area contributed by atoms with Crippen LogP contribution in [0.4, 0.5) is 11.8 Å². The van der Waals surface area contributed by atoms with E-state index < -0.39 is 0 Å². The molecule has 30 heavy (non-hydrogen) atoms. The number of hydrogen-bond acceptors (Lipinski definition) is 6. The maximum atomic E-state index is 12.6. The first-order valence-electron chi connectivity index (χ1n) is 10.9. The number of nitrogen functional groups attached to an aromatic ring is 1. The summed E-state index contributed by atoms with van der Waals surface area (Å²) in [6.45, 7) is 6.69. The molecule has 4 rings (SSSR count). The van der Waals surface area contributed by atoms with Gasteiger partial charge in [0.1, 0.15) is 5.52 Å². The number of H-pyrrole nitrogens is 1. The van der Waals surface area contributed by atoms with E-state index in [0.29, 0.717) is 23.7 Å². The number of rotatable bonds is 8. The number of aromatic amines is 1. The van der Waals surface area contributed by atoms with Crippen LogP contribution in [0.25, 0.3) is 11.2 Å². The molecule has 0 unspecified atom stereocenters. The Hall–Kier alpha value is -2.87. The molecular weight excluding hydrogens is 378 g/mol. The fraction of sp³-hybridized carbons (Fsp3) is 0.500. The van der Waals surface area contributed by atoms with Crippen molar-refractivity contribution in [2.75, 3.05) is 30.7 Å². The molecule has 0 saturated carbocycles. The second-order valence-corrected chi connectivity index (χ2v) is 8.08. The number of anilines is 2. The van der Waals surface area contributed by atoms with Crippen LogP contribution in [0.15, 0.2) is 29.1 Å². The Morgan fingerprint density at radius 3 is 2.47 bits per heavy atom. The van der Waals surface area contributed by atoms with Crippen molar-refractivity contribution in [2.24, 2.45) is 0 Å². The molecule has 4 N–H and O–H groups in total.